The number of nitrogens with zero attached hydrogens (tertiary/aromatic N) is 1. The lowest BCUT2D eigenvalue weighted by Gasteiger charge is -2.08. The number of rotatable bonds is 4. The summed E-state index contributed by atoms with van der Waals surface area (Å²) < 4.78 is 0. The van der Waals surface area contributed by atoms with Crippen LogP contribution < -0.4 is 5.32 Å². The summed E-state index contributed by atoms with van der Waals surface area (Å²) in [5.41, 5.74) is 1.10. The Morgan fingerprint density at radius 1 is 1.56 bits per heavy atom. The van der Waals surface area contributed by atoms with Gasteiger partial charge in [-0.1, -0.05) is 13.0 Å². The zero-order valence-corrected chi connectivity index (χ0v) is 9.23. The maximum atomic E-state index is 11.6. The number of nitrogens with one attached hydrogen (secondary N) is 1. The minimum absolute atomic E-state index is 0.101. The number of carboxylic acids is 1. The molecular formula is C11H14N2O3. The highest BCUT2D eigenvalue weighted by Crippen LogP contribution is 2.03. The molecule has 5 heteroatoms. The molecule has 1 unspecified atom stereocenters. The first kappa shape index (κ1) is 12.2. The molecule has 86 valence electrons. The number of pyridine rings is 1. The molecule has 1 rings (SSSR count). The summed E-state index contributed by atoms with van der Waals surface area (Å²) in [6.07, 6.45) is 1.53. The van der Waals surface area contributed by atoms with Crippen molar-refractivity contribution in [3.05, 3.63) is 29.6 Å². The molecular weight excluding hydrogens is 208 g/mol. The van der Waals surface area contributed by atoms with Crippen LogP contribution in [0.1, 0.15) is 23.0 Å². The number of amides is 1. The monoisotopic (exact) mass is 222 g/mol. The summed E-state index contributed by atoms with van der Waals surface area (Å²) in [6.45, 7) is 3.42. The molecule has 0 aliphatic carbocycles. The minimum atomic E-state index is -0.932. The standard InChI is InChI=1S/C11H14N2O3/c1-7-4-3-5-12-9(7)10(14)13-6-8(2)11(15)16/h3-5,8H,6H2,1-2H3,(H,13,14)(H,15,16). The molecule has 1 heterocycles. The predicted octanol–water partition coefficient (Wildman–Crippen LogP) is 0.841. The van der Waals surface area contributed by atoms with Gasteiger partial charge in [-0.3, -0.25) is 14.6 Å². The molecule has 0 radical (unpaired) electrons. The Labute approximate surface area is 93.5 Å². The van der Waals surface area contributed by atoms with E-state index in [0.29, 0.717) is 5.69 Å². The summed E-state index contributed by atoms with van der Waals surface area (Å²) in [4.78, 5) is 26.1. The minimum Gasteiger partial charge on any atom is -0.481 e. The largest absolute Gasteiger partial charge is 0.481 e. The Bertz CT molecular complexity index is 404. The van der Waals surface area contributed by atoms with Crippen molar-refractivity contribution >= 4 is 11.9 Å². The van der Waals surface area contributed by atoms with Gasteiger partial charge in [-0.25, -0.2) is 0 Å². The van der Waals surface area contributed by atoms with E-state index in [-0.39, 0.29) is 12.5 Å². The lowest BCUT2D eigenvalue weighted by molar-refractivity contribution is -0.140. The summed E-state index contributed by atoms with van der Waals surface area (Å²) in [6, 6.07) is 3.52. The van der Waals surface area contributed by atoms with E-state index in [1.165, 1.54) is 13.1 Å². The molecule has 16 heavy (non-hydrogen) atoms. The number of aliphatic carboxylic acids is 1. The van der Waals surface area contributed by atoms with E-state index < -0.39 is 11.9 Å². The number of carboxylic acid groups (broad SMARTS) is 1. The van der Waals surface area contributed by atoms with Crippen LogP contribution in [0.25, 0.3) is 0 Å². The molecule has 0 bridgehead atoms. The highest BCUT2D eigenvalue weighted by Gasteiger charge is 2.14. The molecule has 0 fully saturated rings. The third-order valence-electron chi connectivity index (χ3n) is 2.21. The molecule has 2 N–H and O–H groups in total. The van der Waals surface area contributed by atoms with Crippen molar-refractivity contribution in [2.75, 3.05) is 6.54 Å². The van der Waals surface area contributed by atoms with Gasteiger partial charge in [-0.15, -0.1) is 0 Å². The second-order valence-electron chi connectivity index (χ2n) is 3.62. The summed E-state index contributed by atoms with van der Waals surface area (Å²) in [5.74, 6) is -1.88. The van der Waals surface area contributed by atoms with Gasteiger partial charge >= 0.3 is 5.97 Å². The first-order valence-electron chi connectivity index (χ1n) is 4.95. The first-order chi connectivity index (χ1) is 7.52. The Morgan fingerprint density at radius 3 is 2.81 bits per heavy atom. The van der Waals surface area contributed by atoms with E-state index in [1.807, 2.05) is 0 Å². The maximum Gasteiger partial charge on any atom is 0.308 e. The van der Waals surface area contributed by atoms with Gasteiger partial charge in [0.25, 0.3) is 5.91 Å². The fraction of sp³-hybridized carbons (Fsp3) is 0.364. The topological polar surface area (TPSA) is 79.3 Å². The van der Waals surface area contributed by atoms with Gasteiger partial charge in [-0.2, -0.15) is 0 Å². The molecule has 0 spiro atoms. The van der Waals surface area contributed by atoms with Gasteiger partial charge in [0, 0.05) is 12.7 Å². The molecule has 0 aliphatic rings. The summed E-state index contributed by atoms with van der Waals surface area (Å²) >= 11 is 0. The molecule has 1 aromatic rings. The van der Waals surface area contributed by atoms with E-state index in [0.717, 1.165) is 5.56 Å². The van der Waals surface area contributed by atoms with Crippen LogP contribution in [-0.4, -0.2) is 28.5 Å². The van der Waals surface area contributed by atoms with Gasteiger partial charge < -0.3 is 10.4 Å². The molecule has 0 aromatic carbocycles. The van der Waals surface area contributed by atoms with Crippen LogP contribution in [0.5, 0.6) is 0 Å². The Hall–Kier alpha value is -1.91. The van der Waals surface area contributed by atoms with Gasteiger partial charge in [0.05, 0.1) is 5.92 Å². The zero-order chi connectivity index (χ0) is 12.1. The molecule has 1 aromatic heterocycles. The Morgan fingerprint density at radius 2 is 2.25 bits per heavy atom. The number of hydrogen-bond donors (Lipinski definition) is 2. The fourth-order valence-corrected chi connectivity index (χ4v) is 1.14. The lowest BCUT2D eigenvalue weighted by Crippen LogP contribution is -2.32. The van der Waals surface area contributed by atoms with Crippen LogP contribution >= 0.6 is 0 Å². The average molecular weight is 222 g/mol. The molecule has 5 nitrogen and oxygen atoms in total. The SMILES string of the molecule is Cc1cccnc1C(=O)NCC(C)C(=O)O. The van der Waals surface area contributed by atoms with Gasteiger partial charge in [0.1, 0.15) is 5.69 Å². The molecule has 0 aliphatic heterocycles. The number of hydrogen-bond acceptors (Lipinski definition) is 3. The third-order valence-corrected chi connectivity index (χ3v) is 2.21. The van der Waals surface area contributed by atoms with Gasteiger partial charge in [0.15, 0.2) is 0 Å². The quantitative estimate of drug-likeness (QED) is 0.791. The molecule has 0 saturated carbocycles. The molecule has 1 atom stereocenters. The first-order valence-corrected chi connectivity index (χ1v) is 4.95. The maximum absolute atomic E-state index is 11.6. The van der Waals surface area contributed by atoms with E-state index in [1.54, 1.807) is 19.1 Å². The third kappa shape index (κ3) is 3.05. The molecule has 1 amide bonds. The van der Waals surface area contributed by atoms with E-state index in [2.05, 4.69) is 10.3 Å². The van der Waals surface area contributed by atoms with Crippen molar-refractivity contribution < 1.29 is 14.7 Å². The second kappa shape index (κ2) is 5.25. The normalized spacial score (nSPS) is 11.9. The number of aromatic nitrogens is 1. The van der Waals surface area contributed by atoms with Crippen molar-refractivity contribution in [2.24, 2.45) is 5.92 Å². The fourth-order valence-electron chi connectivity index (χ4n) is 1.14. The van der Waals surface area contributed by atoms with Gasteiger partial charge in [0.2, 0.25) is 0 Å². The summed E-state index contributed by atoms with van der Waals surface area (Å²) in [5, 5.41) is 11.2. The van der Waals surface area contributed by atoms with E-state index in [4.69, 9.17) is 5.11 Å². The smallest absolute Gasteiger partial charge is 0.308 e. The van der Waals surface area contributed by atoms with Crippen molar-refractivity contribution in [3.63, 3.8) is 0 Å². The van der Waals surface area contributed by atoms with Crippen molar-refractivity contribution in [1.29, 1.82) is 0 Å². The second-order valence-corrected chi connectivity index (χ2v) is 3.62. The predicted molar refractivity (Wildman–Crippen MR) is 58.1 cm³/mol. The highest BCUT2D eigenvalue weighted by molar-refractivity contribution is 5.93. The summed E-state index contributed by atoms with van der Waals surface area (Å²) in [7, 11) is 0. The van der Waals surface area contributed by atoms with E-state index in [9.17, 15) is 9.59 Å². The number of carbonyl (C=O) groups is 2. The van der Waals surface area contributed by atoms with Crippen LogP contribution in [0, 0.1) is 12.8 Å². The van der Waals surface area contributed by atoms with Crippen molar-refractivity contribution in [2.45, 2.75) is 13.8 Å². The Kier molecular flexibility index (Phi) is 3.99. The van der Waals surface area contributed by atoms with Crippen LogP contribution in [0.2, 0.25) is 0 Å². The lowest BCUT2D eigenvalue weighted by atomic mass is 10.1. The van der Waals surface area contributed by atoms with Crippen LogP contribution in [0.4, 0.5) is 0 Å². The van der Waals surface area contributed by atoms with Crippen LogP contribution in [0.3, 0.4) is 0 Å². The zero-order valence-electron chi connectivity index (χ0n) is 9.23. The van der Waals surface area contributed by atoms with Crippen molar-refractivity contribution in [3.8, 4) is 0 Å². The number of aryl methyl sites for hydroxylation is 1. The van der Waals surface area contributed by atoms with Crippen LogP contribution in [-0.2, 0) is 4.79 Å². The van der Waals surface area contributed by atoms with E-state index >= 15 is 0 Å². The Balaban J connectivity index is 2.60. The number of carbonyl (C=O) groups excluding carboxylic acids is 1. The van der Waals surface area contributed by atoms with Gasteiger partial charge in [-0.05, 0) is 18.6 Å². The average Bonchev–Trinajstić information content (AvgIpc) is 2.25. The molecule has 0 saturated heterocycles. The van der Waals surface area contributed by atoms with Crippen LogP contribution in [0.15, 0.2) is 18.3 Å². The highest BCUT2D eigenvalue weighted by atomic mass is 16.4. The van der Waals surface area contributed by atoms with Crippen molar-refractivity contribution in [1.82, 2.24) is 10.3 Å².